The molecule has 1 aliphatic heterocycles. The molecule has 2 aliphatic rings. The van der Waals surface area contributed by atoms with Gasteiger partial charge in [-0.25, -0.2) is 9.59 Å². The molecule has 0 amide bonds. The molecule has 3 heterocycles. The third-order valence-electron chi connectivity index (χ3n) is 6.45. The number of aromatic nitrogens is 4. The molecule has 10 nitrogen and oxygen atoms in total. The summed E-state index contributed by atoms with van der Waals surface area (Å²) < 4.78 is 41.4. The fourth-order valence-electron chi connectivity index (χ4n) is 4.41. The topological polar surface area (TPSA) is 103 Å². The number of anilines is 1. The highest BCUT2D eigenvalue weighted by Crippen LogP contribution is 2.32. The van der Waals surface area contributed by atoms with E-state index in [-0.39, 0.29) is 33.4 Å². The maximum atomic E-state index is 13.5. The number of hydrogen-bond acceptors (Lipinski definition) is 7. The zero-order valence-corrected chi connectivity index (χ0v) is 19.7. The van der Waals surface area contributed by atoms with Gasteiger partial charge in [0.1, 0.15) is 0 Å². The zero-order valence-electron chi connectivity index (χ0n) is 18.9. The van der Waals surface area contributed by atoms with Crippen molar-refractivity contribution in [3.8, 4) is 5.69 Å². The van der Waals surface area contributed by atoms with Gasteiger partial charge in [-0.1, -0.05) is 34.9 Å². The molecule has 2 aromatic heterocycles. The van der Waals surface area contributed by atoms with Crippen LogP contribution >= 0.6 is 11.6 Å². The summed E-state index contributed by atoms with van der Waals surface area (Å²) in [4.78, 5) is 49.2. The van der Waals surface area contributed by atoms with Crippen LogP contribution in [0.5, 0.6) is 0 Å². The van der Waals surface area contributed by atoms with E-state index in [1.54, 1.807) is 24.3 Å². The molecule has 1 aliphatic carbocycles. The summed E-state index contributed by atoms with van der Waals surface area (Å²) in [5.41, 5.74) is -2.33. The lowest BCUT2D eigenvalue weighted by molar-refractivity contribution is -0.200. The molecule has 0 radical (unpaired) electrons. The van der Waals surface area contributed by atoms with Gasteiger partial charge in [0.15, 0.2) is 11.2 Å². The number of halogens is 4. The molecule has 1 saturated carbocycles. The first-order valence-corrected chi connectivity index (χ1v) is 11.8. The van der Waals surface area contributed by atoms with Crippen LogP contribution in [0.1, 0.15) is 19.3 Å². The molecule has 5 rings (SSSR count). The Kier molecular flexibility index (Phi) is 6.29. The van der Waals surface area contributed by atoms with Crippen LogP contribution in [0, 0.1) is 5.92 Å². The lowest BCUT2D eigenvalue weighted by atomic mass is 9.85. The molecule has 192 valence electrons. The van der Waals surface area contributed by atoms with Crippen molar-refractivity contribution in [3.63, 3.8) is 0 Å². The fraction of sp³-hybridized carbons (Fsp3) is 0.455. The first-order chi connectivity index (χ1) is 17.2. The Hall–Kier alpha value is -3.32. The Morgan fingerprint density at radius 1 is 1.17 bits per heavy atom. The molecule has 0 unspecified atom stereocenters. The summed E-state index contributed by atoms with van der Waals surface area (Å²) in [6.45, 7) is 2.43. The van der Waals surface area contributed by atoms with Gasteiger partial charge >= 0.3 is 23.4 Å². The van der Waals surface area contributed by atoms with E-state index in [1.807, 2.05) is 4.90 Å². The molecule has 36 heavy (non-hydrogen) atoms. The smallest absolute Gasteiger partial charge is 0.339 e. The highest BCUT2D eigenvalue weighted by atomic mass is 35.5. The number of carbonyl (C=O) groups is 1. The number of hydrogen-bond donors (Lipinski definition) is 1. The van der Waals surface area contributed by atoms with Crippen LogP contribution in [0.25, 0.3) is 16.9 Å². The number of fused-ring (bicyclic) bond motifs is 1. The van der Waals surface area contributed by atoms with Crippen LogP contribution in [-0.2, 0) is 11.3 Å². The second kappa shape index (κ2) is 9.28. The maximum Gasteiger partial charge on any atom is 0.493 e. The average molecular weight is 527 g/mol. The average Bonchev–Trinajstić information content (AvgIpc) is 3.21. The Morgan fingerprint density at radius 3 is 2.47 bits per heavy atom. The van der Waals surface area contributed by atoms with Crippen molar-refractivity contribution in [2.75, 3.05) is 31.1 Å². The van der Waals surface area contributed by atoms with Gasteiger partial charge in [0.05, 0.1) is 10.7 Å². The van der Waals surface area contributed by atoms with Gasteiger partial charge in [-0.3, -0.25) is 13.9 Å². The van der Waals surface area contributed by atoms with Gasteiger partial charge in [-0.15, -0.1) is 0 Å². The van der Waals surface area contributed by atoms with Crippen molar-refractivity contribution in [2.45, 2.75) is 32.0 Å². The van der Waals surface area contributed by atoms with E-state index in [0.29, 0.717) is 37.8 Å². The van der Waals surface area contributed by atoms with Gasteiger partial charge in [-0.2, -0.15) is 18.2 Å². The number of alkyl halides is 3. The number of piperazine rings is 1. The first-order valence-electron chi connectivity index (χ1n) is 11.4. The van der Waals surface area contributed by atoms with E-state index in [2.05, 4.69) is 15.1 Å². The van der Waals surface area contributed by atoms with Crippen LogP contribution in [0.4, 0.5) is 19.1 Å². The number of benzene rings is 1. The third-order valence-corrected chi connectivity index (χ3v) is 6.77. The molecule has 1 N–H and O–H groups in total. The summed E-state index contributed by atoms with van der Waals surface area (Å²) in [6, 6.07) is 6.59. The predicted octanol–water partition coefficient (Wildman–Crippen LogP) is 1.73. The zero-order chi connectivity index (χ0) is 25.6. The normalized spacial score (nSPS) is 16.8. The van der Waals surface area contributed by atoms with E-state index in [4.69, 9.17) is 11.6 Å². The second-order valence-corrected chi connectivity index (χ2v) is 9.18. The molecule has 0 bridgehead atoms. The third kappa shape index (κ3) is 4.26. The van der Waals surface area contributed by atoms with Gasteiger partial charge in [0.2, 0.25) is 5.95 Å². The Morgan fingerprint density at radius 2 is 1.86 bits per heavy atom. The molecule has 2 fully saturated rings. The van der Waals surface area contributed by atoms with Crippen molar-refractivity contribution in [1.29, 1.82) is 0 Å². The van der Waals surface area contributed by atoms with Crippen molar-refractivity contribution in [3.05, 3.63) is 50.1 Å². The number of nitrogens with one attached hydrogen (secondary N) is 1. The molecule has 1 saturated heterocycles. The second-order valence-electron chi connectivity index (χ2n) is 8.77. The molecule has 3 aromatic rings. The molecule has 14 heteroatoms. The fourth-order valence-corrected chi connectivity index (χ4v) is 4.63. The highest BCUT2D eigenvalue weighted by Gasteiger charge is 2.43. The first kappa shape index (κ1) is 24.4. The monoisotopic (exact) mass is 526 g/mol. The lowest BCUT2D eigenvalue weighted by Gasteiger charge is -2.28. The Bertz CT molecular complexity index is 1440. The largest absolute Gasteiger partial charge is 0.493 e. The standard InChI is InChI=1S/C22H22ClF3N6O4/c23-14-6-1-2-7-15(14)31-16-17(28-20(31)29-10-8-27-9-11-29)30(12-13-4-3-5-13)21(35)32(18(16)33)36-19(34)22(24,25)26/h1-2,6-7,13,27H,3-5,8-12H2. The SMILES string of the molecule is O=C(On1c(=O)c2c(nc(N3CCNCC3)n2-c2ccccc2Cl)n(CC2CCC2)c1=O)C(F)(F)F. The molecular weight excluding hydrogens is 505 g/mol. The maximum absolute atomic E-state index is 13.5. The molecule has 0 spiro atoms. The summed E-state index contributed by atoms with van der Waals surface area (Å²) in [6.07, 6.45) is -2.84. The Balaban J connectivity index is 1.83. The Labute approximate surface area is 206 Å². The van der Waals surface area contributed by atoms with E-state index in [1.165, 1.54) is 4.57 Å². The van der Waals surface area contributed by atoms with E-state index >= 15 is 0 Å². The van der Waals surface area contributed by atoms with Gasteiger partial charge < -0.3 is 15.1 Å². The minimum atomic E-state index is -5.41. The summed E-state index contributed by atoms with van der Waals surface area (Å²) >= 11 is 6.46. The van der Waals surface area contributed by atoms with Crippen LogP contribution in [0.15, 0.2) is 33.9 Å². The van der Waals surface area contributed by atoms with E-state index in [0.717, 1.165) is 23.8 Å². The summed E-state index contributed by atoms with van der Waals surface area (Å²) in [7, 11) is 0. The quantitative estimate of drug-likeness (QED) is 0.540. The lowest BCUT2D eigenvalue weighted by Crippen LogP contribution is -2.49. The number of imidazole rings is 1. The molecule has 1 aromatic carbocycles. The van der Waals surface area contributed by atoms with Gasteiger partial charge in [-0.05, 0) is 30.9 Å². The summed E-state index contributed by atoms with van der Waals surface area (Å²) in [5, 5.41) is 3.47. The number of rotatable bonds is 5. The van der Waals surface area contributed by atoms with Crippen molar-refractivity contribution >= 4 is 34.7 Å². The molecular formula is C22H22ClF3N6O4. The van der Waals surface area contributed by atoms with Crippen molar-refractivity contribution < 1.29 is 22.8 Å². The van der Waals surface area contributed by atoms with Crippen molar-refractivity contribution in [1.82, 2.24) is 24.2 Å². The number of para-hydroxylation sites is 1. The number of carbonyl (C=O) groups excluding carboxylic acids is 1. The van der Waals surface area contributed by atoms with E-state index in [9.17, 15) is 27.6 Å². The van der Waals surface area contributed by atoms with Crippen molar-refractivity contribution in [2.24, 2.45) is 5.92 Å². The van der Waals surface area contributed by atoms with E-state index < -0.39 is 23.4 Å². The van der Waals surface area contributed by atoms with Crippen LogP contribution in [0.3, 0.4) is 0 Å². The predicted molar refractivity (Wildman–Crippen MR) is 125 cm³/mol. The van der Waals surface area contributed by atoms with Crippen LogP contribution in [-0.4, -0.2) is 57.2 Å². The summed E-state index contributed by atoms with van der Waals surface area (Å²) in [5.74, 6) is -2.30. The minimum Gasteiger partial charge on any atom is -0.339 e. The minimum absolute atomic E-state index is 0.00957. The molecule has 0 atom stereocenters. The van der Waals surface area contributed by atoms with Crippen LogP contribution < -0.4 is 26.3 Å². The van der Waals surface area contributed by atoms with Gasteiger partial charge in [0, 0.05) is 32.7 Å². The highest BCUT2D eigenvalue weighted by molar-refractivity contribution is 6.32. The number of nitrogens with zero attached hydrogens (tertiary/aromatic N) is 5. The van der Waals surface area contributed by atoms with Gasteiger partial charge in [0.25, 0.3) is 0 Å². The van der Waals surface area contributed by atoms with Crippen LogP contribution in [0.2, 0.25) is 5.02 Å².